The highest BCUT2D eigenvalue weighted by Gasteiger charge is 2.39. The number of imide groups is 1. The molecule has 1 N–H and O–H groups in total. The third-order valence-corrected chi connectivity index (χ3v) is 4.13. The highest BCUT2D eigenvalue weighted by atomic mass is 19.4. The van der Waals surface area contributed by atoms with Crippen LogP contribution in [-0.2, 0) is 6.18 Å². The molecule has 0 atom stereocenters. The molecule has 2 heterocycles. The number of hydrogen-bond donors (Lipinski definition) is 1. The number of aromatic carboxylic acids is 1. The second kappa shape index (κ2) is 7.45. The van der Waals surface area contributed by atoms with Crippen LogP contribution in [0.4, 0.5) is 28.2 Å². The molecule has 1 aromatic heterocycles. The van der Waals surface area contributed by atoms with Crippen LogP contribution in [0.5, 0.6) is 0 Å². The first-order valence-electron chi connectivity index (χ1n) is 8.16. The minimum atomic E-state index is -4.92. The van der Waals surface area contributed by atoms with Gasteiger partial charge in [0.05, 0.1) is 11.1 Å². The van der Waals surface area contributed by atoms with E-state index in [1.54, 1.807) is 0 Å². The van der Waals surface area contributed by atoms with Crippen LogP contribution in [0.15, 0.2) is 30.3 Å². The first-order valence-corrected chi connectivity index (χ1v) is 8.16. The maximum Gasteiger partial charge on any atom is 0.417 e. The number of anilines is 1. The molecule has 8 nitrogen and oxygen atoms in total. The van der Waals surface area contributed by atoms with Crippen LogP contribution < -0.4 is 4.90 Å². The molecule has 0 spiro atoms. The van der Waals surface area contributed by atoms with Gasteiger partial charge in [-0.1, -0.05) is 0 Å². The van der Waals surface area contributed by atoms with E-state index >= 15 is 0 Å². The summed E-state index contributed by atoms with van der Waals surface area (Å²) in [6.07, 6.45) is -4.72. The Balaban J connectivity index is 1.92. The van der Waals surface area contributed by atoms with E-state index in [2.05, 4.69) is 10.2 Å². The van der Waals surface area contributed by atoms with Crippen molar-refractivity contribution in [1.29, 1.82) is 0 Å². The molecule has 0 unspecified atom stereocenters. The van der Waals surface area contributed by atoms with E-state index in [4.69, 9.17) is 5.11 Å². The number of carboxylic acids is 1. The van der Waals surface area contributed by atoms with Crippen LogP contribution in [0.1, 0.15) is 32.8 Å². The highest BCUT2D eigenvalue weighted by molar-refractivity contribution is 6.09. The summed E-state index contributed by atoms with van der Waals surface area (Å²) in [6, 6.07) is 2.74. The number of alkyl halides is 3. The molecule has 1 aliphatic heterocycles. The van der Waals surface area contributed by atoms with Crippen molar-refractivity contribution in [3.05, 3.63) is 53.0 Å². The fourth-order valence-corrected chi connectivity index (χ4v) is 2.79. The van der Waals surface area contributed by atoms with Gasteiger partial charge in [0.25, 0.3) is 5.91 Å². The first-order chi connectivity index (χ1) is 13.6. The largest absolute Gasteiger partial charge is 0.476 e. The van der Waals surface area contributed by atoms with E-state index in [1.165, 1.54) is 6.07 Å². The number of benzene rings is 1. The molecule has 2 aromatic rings. The van der Waals surface area contributed by atoms with Crippen molar-refractivity contribution in [3.63, 3.8) is 0 Å². The Morgan fingerprint density at radius 1 is 1.07 bits per heavy atom. The summed E-state index contributed by atoms with van der Waals surface area (Å²) in [7, 11) is 0. The van der Waals surface area contributed by atoms with Crippen molar-refractivity contribution in [2.75, 3.05) is 18.0 Å². The lowest BCUT2D eigenvalue weighted by molar-refractivity contribution is -0.138. The minimum absolute atomic E-state index is 0.0761. The second-order valence-electron chi connectivity index (χ2n) is 6.01. The topological polar surface area (TPSA) is 104 Å². The summed E-state index contributed by atoms with van der Waals surface area (Å²) < 4.78 is 53.1. The second-order valence-corrected chi connectivity index (χ2v) is 6.01. The predicted octanol–water partition coefficient (Wildman–Crippen LogP) is 2.81. The standard InChI is InChI=1S/C17H12F4N4O4/c18-9-2-3-11(17(19,20)21)10(8-9)14(26)25-7-1-6-24(16(25)29)13-5-4-12(15(27)28)22-23-13/h2-5,8H,1,6-7H2,(H,27,28). The number of carboxylic acid groups (broad SMARTS) is 1. The smallest absolute Gasteiger partial charge is 0.417 e. The minimum Gasteiger partial charge on any atom is -0.476 e. The van der Waals surface area contributed by atoms with E-state index in [-0.39, 0.29) is 31.0 Å². The van der Waals surface area contributed by atoms with Gasteiger partial charge >= 0.3 is 18.2 Å². The van der Waals surface area contributed by atoms with Crippen molar-refractivity contribution >= 4 is 23.7 Å². The number of carbonyl (C=O) groups excluding carboxylic acids is 2. The summed E-state index contributed by atoms with van der Waals surface area (Å²) in [5.41, 5.74) is -2.72. The molecule has 3 rings (SSSR count). The van der Waals surface area contributed by atoms with E-state index in [0.29, 0.717) is 23.1 Å². The lowest BCUT2D eigenvalue weighted by atomic mass is 10.0. The quantitative estimate of drug-likeness (QED) is 0.778. The number of urea groups is 1. The van der Waals surface area contributed by atoms with Gasteiger partial charge in [-0.25, -0.2) is 14.0 Å². The Labute approximate surface area is 160 Å². The summed E-state index contributed by atoms with van der Waals surface area (Å²) in [5, 5.41) is 15.9. The average Bonchev–Trinajstić information content (AvgIpc) is 2.66. The van der Waals surface area contributed by atoms with Gasteiger partial charge < -0.3 is 5.11 Å². The molecule has 1 saturated heterocycles. The number of nitrogens with zero attached hydrogens (tertiary/aromatic N) is 4. The van der Waals surface area contributed by atoms with Crippen LogP contribution in [0.2, 0.25) is 0 Å². The molecule has 3 amide bonds. The fraction of sp³-hybridized carbons (Fsp3) is 0.235. The predicted molar refractivity (Wildman–Crippen MR) is 88.8 cm³/mol. The average molecular weight is 412 g/mol. The van der Waals surface area contributed by atoms with Crippen molar-refractivity contribution in [2.45, 2.75) is 12.6 Å². The zero-order valence-corrected chi connectivity index (χ0v) is 14.5. The SMILES string of the molecule is O=C(O)c1ccc(N2CCCN(C(=O)c3cc(F)ccc3C(F)(F)F)C2=O)nn1. The summed E-state index contributed by atoms with van der Waals surface area (Å²) in [4.78, 5) is 37.7. The molecule has 0 saturated carbocycles. The number of halogens is 4. The molecule has 152 valence electrons. The van der Waals surface area contributed by atoms with E-state index in [9.17, 15) is 31.9 Å². The molecule has 29 heavy (non-hydrogen) atoms. The zero-order valence-electron chi connectivity index (χ0n) is 14.5. The molecule has 12 heteroatoms. The van der Waals surface area contributed by atoms with Gasteiger partial charge in [0.15, 0.2) is 11.5 Å². The van der Waals surface area contributed by atoms with Gasteiger partial charge in [-0.15, -0.1) is 10.2 Å². The molecule has 0 bridgehead atoms. The van der Waals surface area contributed by atoms with Crippen LogP contribution >= 0.6 is 0 Å². The third kappa shape index (κ3) is 4.00. The Hall–Kier alpha value is -3.57. The number of aromatic nitrogens is 2. The monoisotopic (exact) mass is 412 g/mol. The van der Waals surface area contributed by atoms with Gasteiger partial charge in [0.1, 0.15) is 5.82 Å². The van der Waals surface area contributed by atoms with E-state index < -0.39 is 41.0 Å². The number of amides is 3. The lowest BCUT2D eigenvalue weighted by Gasteiger charge is -2.33. The number of rotatable bonds is 3. The maximum absolute atomic E-state index is 13.5. The molecule has 0 radical (unpaired) electrons. The van der Waals surface area contributed by atoms with Crippen LogP contribution in [0, 0.1) is 5.82 Å². The van der Waals surface area contributed by atoms with Crippen molar-refractivity contribution in [3.8, 4) is 0 Å². The van der Waals surface area contributed by atoms with Crippen molar-refractivity contribution in [1.82, 2.24) is 15.1 Å². The molecule has 0 aliphatic carbocycles. The van der Waals surface area contributed by atoms with Crippen LogP contribution in [0.3, 0.4) is 0 Å². The van der Waals surface area contributed by atoms with Gasteiger partial charge in [0, 0.05) is 13.1 Å². The molecule has 1 aliphatic rings. The first kappa shape index (κ1) is 20.2. The Morgan fingerprint density at radius 2 is 1.79 bits per heavy atom. The van der Waals surface area contributed by atoms with Gasteiger partial charge in [-0.2, -0.15) is 13.2 Å². The van der Waals surface area contributed by atoms with Crippen molar-refractivity contribution < 1.29 is 37.1 Å². The summed E-state index contributed by atoms with van der Waals surface area (Å²) in [6.45, 7) is -0.0956. The Morgan fingerprint density at radius 3 is 2.38 bits per heavy atom. The highest BCUT2D eigenvalue weighted by Crippen LogP contribution is 2.33. The summed E-state index contributed by atoms with van der Waals surface area (Å²) in [5.74, 6) is -3.77. The van der Waals surface area contributed by atoms with Gasteiger partial charge in [-0.3, -0.25) is 14.6 Å². The Kier molecular flexibility index (Phi) is 5.18. The summed E-state index contributed by atoms with van der Waals surface area (Å²) >= 11 is 0. The van der Waals surface area contributed by atoms with Gasteiger partial charge in [0.2, 0.25) is 0 Å². The van der Waals surface area contributed by atoms with E-state index in [1.807, 2.05) is 0 Å². The van der Waals surface area contributed by atoms with E-state index in [0.717, 1.165) is 11.0 Å². The van der Waals surface area contributed by atoms with Gasteiger partial charge in [-0.05, 0) is 36.8 Å². The van der Waals surface area contributed by atoms with Crippen LogP contribution in [0.25, 0.3) is 0 Å². The normalized spacial score (nSPS) is 14.8. The Bertz CT molecular complexity index is 978. The fourth-order valence-electron chi connectivity index (χ4n) is 2.79. The molecule has 1 aromatic carbocycles. The zero-order chi connectivity index (χ0) is 21.3. The maximum atomic E-state index is 13.5. The molecular weight excluding hydrogens is 400 g/mol. The number of carbonyl (C=O) groups is 3. The molecular formula is C17H12F4N4O4. The third-order valence-electron chi connectivity index (χ3n) is 4.13. The number of hydrogen-bond acceptors (Lipinski definition) is 5. The lowest BCUT2D eigenvalue weighted by Crippen LogP contribution is -2.52. The van der Waals surface area contributed by atoms with Crippen molar-refractivity contribution in [2.24, 2.45) is 0 Å². The van der Waals surface area contributed by atoms with Crippen LogP contribution in [-0.4, -0.2) is 51.2 Å². The molecule has 1 fully saturated rings.